The second-order valence-electron chi connectivity index (χ2n) is 7.52. The number of benzene rings is 1. The van der Waals surface area contributed by atoms with E-state index in [4.69, 9.17) is 13.9 Å². The van der Waals surface area contributed by atoms with Crippen molar-refractivity contribution >= 4 is 20.4 Å². The van der Waals surface area contributed by atoms with Crippen LogP contribution >= 0.6 is 0 Å². The van der Waals surface area contributed by atoms with Crippen LogP contribution in [0.4, 0.5) is 0 Å². The Labute approximate surface area is 153 Å². The van der Waals surface area contributed by atoms with Crippen LogP contribution in [0, 0.1) is 0 Å². The van der Waals surface area contributed by atoms with Crippen molar-refractivity contribution in [3.05, 3.63) is 29.8 Å². The number of hydrogen-bond donors (Lipinski definition) is 0. The van der Waals surface area contributed by atoms with Gasteiger partial charge in [-0.2, -0.15) is 0 Å². The minimum absolute atomic E-state index is 0.129. The molecule has 0 radical (unpaired) electrons. The van der Waals surface area contributed by atoms with Crippen molar-refractivity contribution in [3.63, 3.8) is 0 Å². The Morgan fingerprint density at radius 3 is 2.44 bits per heavy atom. The van der Waals surface area contributed by atoms with Crippen molar-refractivity contribution < 1.29 is 18.7 Å². The highest BCUT2D eigenvalue weighted by atomic mass is 28.4. The van der Waals surface area contributed by atoms with Crippen LogP contribution in [0.5, 0.6) is 11.5 Å². The number of rotatable bonds is 8. The molecule has 0 heterocycles. The molecule has 0 saturated carbocycles. The molecule has 0 aliphatic rings. The van der Waals surface area contributed by atoms with Crippen molar-refractivity contribution in [2.24, 2.45) is 0 Å². The van der Waals surface area contributed by atoms with Gasteiger partial charge < -0.3 is 13.9 Å². The summed E-state index contributed by atoms with van der Waals surface area (Å²) < 4.78 is 16.8. The van der Waals surface area contributed by atoms with Crippen molar-refractivity contribution in [2.75, 3.05) is 13.7 Å². The predicted molar refractivity (Wildman–Crippen MR) is 106 cm³/mol. The number of esters is 1. The molecular formula is C20H32O4Si. The van der Waals surface area contributed by atoms with E-state index in [1.165, 1.54) is 0 Å². The van der Waals surface area contributed by atoms with E-state index in [1.54, 1.807) is 7.11 Å². The third-order valence-corrected chi connectivity index (χ3v) is 8.83. The minimum atomic E-state index is -1.91. The highest BCUT2D eigenvalue weighted by Gasteiger charge is 2.39. The average molecular weight is 365 g/mol. The zero-order chi connectivity index (χ0) is 19.1. The summed E-state index contributed by atoms with van der Waals surface area (Å²) in [4.78, 5) is 11.3. The fourth-order valence-corrected chi connectivity index (χ4v) is 2.98. The van der Waals surface area contributed by atoms with E-state index in [9.17, 15) is 4.79 Å². The first-order chi connectivity index (χ1) is 11.6. The molecule has 5 heteroatoms. The lowest BCUT2D eigenvalue weighted by molar-refractivity contribution is -0.142. The van der Waals surface area contributed by atoms with Crippen LogP contribution in [0.3, 0.4) is 0 Å². The summed E-state index contributed by atoms with van der Waals surface area (Å²) in [5.41, 5.74) is 1.02. The van der Waals surface area contributed by atoms with Gasteiger partial charge in [0, 0.05) is 6.42 Å². The van der Waals surface area contributed by atoms with Crippen LogP contribution in [0.15, 0.2) is 24.3 Å². The van der Waals surface area contributed by atoms with E-state index in [-0.39, 0.29) is 11.0 Å². The molecule has 0 amide bonds. The maximum absolute atomic E-state index is 11.3. The quantitative estimate of drug-likeness (QED) is 0.455. The summed E-state index contributed by atoms with van der Waals surface area (Å²) in [7, 11) is -0.257. The molecule has 140 valence electrons. The summed E-state index contributed by atoms with van der Waals surface area (Å²) >= 11 is 0. The first-order valence-corrected chi connectivity index (χ1v) is 11.7. The molecule has 0 fully saturated rings. The van der Waals surface area contributed by atoms with Gasteiger partial charge in [0.05, 0.1) is 13.7 Å². The van der Waals surface area contributed by atoms with E-state index in [2.05, 4.69) is 33.9 Å². The third kappa shape index (κ3) is 6.57. The molecule has 0 aliphatic heterocycles. The number of ether oxygens (including phenoxy) is 2. The van der Waals surface area contributed by atoms with Crippen LogP contribution in [0.25, 0.3) is 6.08 Å². The standard InChI is InChI=1S/C20H32O4Si/c1-8-23-19(21)12-10-9-11-16-13-14-17(18(15-16)22-5)24-25(6,7)20(2,3)4/h9,11,13-15H,8,10,12H2,1-7H3. The Hall–Kier alpha value is -1.75. The second kappa shape index (κ2) is 9.09. The normalized spacial score (nSPS) is 12.3. The molecule has 1 rings (SSSR count). The van der Waals surface area contributed by atoms with Gasteiger partial charge in [-0.15, -0.1) is 0 Å². The van der Waals surface area contributed by atoms with Gasteiger partial charge in [-0.05, 0) is 49.2 Å². The van der Waals surface area contributed by atoms with Gasteiger partial charge in [0.1, 0.15) is 5.75 Å². The summed E-state index contributed by atoms with van der Waals surface area (Å²) in [5.74, 6) is 1.36. The molecule has 0 N–H and O–H groups in total. The first kappa shape index (κ1) is 21.3. The molecule has 0 saturated heterocycles. The van der Waals surface area contributed by atoms with E-state index in [0.717, 1.165) is 17.1 Å². The van der Waals surface area contributed by atoms with Crippen molar-refractivity contribution in [1.82, 2.24) is 0 Å². The lowest BCUT2D eigenvalue weighted by atomic mass is 10.1. The van der Waals surface area contributed by atoms with Crippen LogP contribution in [0.2, 0.25) is 18.1 Å². The van der Waals surface area contributed by atoms with Crippen LogP contribution in [0.1, 0.15) is 46.1 Å². The molecule has 0 aromatic heterocycles. The molecule has 0 unspecified atom stereocenters. The summed E-state index contributed by atoms with van der Waals surface area (Å²) in [6, 6.07) is 5.93. The highest BCUT2D eigenvalue weighted by molar-refractivity contribution is 6.74. The zero-order valence-electron chi connectivity index (χ0n) is 16.6. The molecule has 25 heavy (non-hydrogen) atoms. The molecule has 0 spiro atoms. The Balaban J connectivity index is 2.80. The Morgan fingerprint density at radius 2 is 1.88 bits per heavy atom. The smallest absolute Gasteiger partial charge is 0.306 e. The van der Waals surface area contributed by atoms with E-state index < -0.39 is 8.32 Å². The van der Waals surface area contributed by atoms with Crippen molar-refractivity contribution in [3.8, 4) is 11.5 Å². The van der Waals surface area contributed by atoms with Gasteiger partial charge in [0.25, 0.3) is 8.32 Å². The molecule has 1 aromatic rings. The summed E-state index contributed by atoms with van der Waals surface area (Å²) in [6.07, 6.45) is 5.01. The lowest BCUT2D eigenvalue weighted by Crippen LogP contribution is -2.43. The monoisotopic (exact) mass is 364 g/mol. The number of methoxy groups -OCH3 is 1. The fraction of sp³-hybridized carbons (Fsp3) is 0.550. The Bertz CT molecular complexity index is 600. The lowest BCUT2D eigenvalue weighted by Gasteiger charge is -2.36. The summed E-state index contributed by atoms with van der Waals surface area (Å²) in [6.45, 7) is 13.3. The molecule has 0 aliphatic carbocycles. The molecule has 0 bridgehead atoms. The van der Waals surface area contributed by atoms with Gasteiger partial charge in [0.15, 0.2) is 5.75 Å². The molecule has 4 nitrogen and oxygen atoms in total. The molecule has 1 aromatic carbocycles. The SMILES string of the molecule is CCOC(=O)CCC=Cc1ccc(O[Si](C)(C)C(C)(C)C)c(OC)c1. The molecule has 0 atom stereocenters. The van der Waals surface area contributed by atoms with Crippen molar-refractivity contribution in [1.29, 1.82) is 0 Å². The first-order valence-electron chi connectivity index (χ1n) is 8.80. The fourth-order valence-electron chi connectivity index (χ4n) is 1.95. The maximum atomic E-state index is 11.3. The second-order valence-corrected chi connectivity index (χ2v) is 12.2. The van der Waals surface area contributed by atoms with Gasteiger partial charge >= 0.3 is 5.97 Å². The van der Waals surface area contributed by atoms with Gasteiger partial charge in [-0.1, -0.05) is 39.0 Å². The highest BCUT2D eigenvalue weighted by Crippen LogP contribution is 2.40. The van der Waals surface area contributed by atoms with E-state index in [0.29, 0.717) is 19.4 Å². The Kier molecular flexibility index (Phi) is 7.74. The average Bonchev–Trinajstić information content (AvgIpc) is 2.51. The maximum Gasteiger partial charge on any atom is 0.306 e. The van der Waals surface area contributed by atoms with Gasteiger partial charge in [0.2, 0.25) is 0 Å². The number of carbonyl (C=O) groups is 1. The van der Waals surface area contributed by atoms with Crippen LogP contribution in [-0.2, 0) is 9.53 Å². The zero-order valence-corrected chi connectivity index (χ0v) is 17.6. The topological polar surface area (TPSA) is 44.8 Å². The number of carbonyl (C=O) groups excluding carboxylic acids is 1. The van der Waals surface area contributed by atoms with Crippen LogP contribution in [-0.4, -0.2) is 28.0 Å². The molecular weight excluding hydrogens is 332 g/mol. The van der Waals surface area contributed by atoms with Crippen molar-refractivity contribution in [2.45, 2.75) is 58.7 Å². The van der Waals surface area contributed by atoms with Gasteiger partial charge in [-0.25, -0.2) is 0 Å². The Morgan fingerprint density at radius 1 is 1.20 bits per heavy atom. The number of hydrogen-bond acceptors (Lipinski definition) is 4. The van der Waals surface area contributed by atoms with E-state index >= 15 is 0 Å². The number of allylic oxidation sites excluding steroid dienone is 1. The largest absolute Gasteiger partial charge is 0.541 e. The minimum Gasteiger partial charge on any atom is -0.541 e. The predicted octanol–water partition coefficient (Wildman–Crippen LogP) is 5.44. The van der Waals surface area contributed by atoms with E-state index in [1.807, 2.05) is 37.3 Å². The third-order valence-electron chi connectivity index (χ3n) is 4.49. The summed E-state index contributed by atoms with van der Waals surface area (Å²) in [5, 5.41) is 0.129. The van der Waals surface area contributed by atoms with Gasteiger partial charge in [-0.3, -0.25) is 4.79 Å². The van der Waals surface area contributed by atoms with Crippen LogP contribution < -0.4 is 9.16 Å².